The second-order valence-electron chi connectivity index (χ2n) is 5.32. The van der Waals surface area contributed by atoms with Crippen molar-refractivity contribution in [2.45, 2.75) is 32.6 Å². The van der Waals surface area contributed by atoms with Gasteiger partial charge in [-0.05, 0) is 40.8 Å². The molecule has 2 aromatic carbocycles. The van der Waals surface area contributed by atoms with E-state index in [9.17, 15) is 4.39 Å². The molecule has 0 fully saturated rings. The molecule has 0 aromatic heterocycles. The quantitative estimate of drug-likeness (QED) is 0.614. The summed E-state index contributed by atoms with van der Waals surface area (Å²) in [7, 11) is 0. The Hall–Kier alpha value is -1.05. The molecule has 0 saturated heterocycles. The fourth-order valence-corrected chi connectivity index (χ4v) is 2.89. The molecule has 0 saturated carbocycles. The molecule has 3 heteroatoms. The van der Waals surface area contributed by atoms with Crippen LogP contribution >= 0.6 is 23.2 Å². The first kappa shape index (κ1) is 15.3. The number of halogens is 3. The minimum Gasteiger partial charge on any atom is -0.207 e. The minimum atomic E-state index is -0.326. The highest BCUT2D eigenvalue weighted by Crippen LogP contribution is 2.35. The maximum absolute atomic E-state index is 13.2. The van der Waals surface area contributed by atoms with Crippen LogP contribution in [0.2, 0.25) is 10.0 Å². The Kier molecular flexibility index (Phi) is 4.72. The SMILES string of the molecule is CC(C)c1ccc(Cl)c(C(C)c2ccc(F)cc2Cl)c1. The normalized spacial score (nSPS) is 12.8. The van der Waals surface area contributed by atoms with Crippen molar-refractivity contribution in [3.8, 4) is 0 Å². The molecule has 0 N–H and O–H groups in total. The standard InChI is InChI=1S/C17H17Cl2F/c1-10(2)12-4-7-16(18)15(8-12)11(3)14-6-5-13(20)9-17(14)19/h4-11H,1-3H3. The molecule has 20 heavy (non-hydrogen) atoms. The lowest BCUT2D eigenvalue weighted by molar-refractivity contribution is 0.626. The number of hydrogen-bond donors (Lipinski definition) is 0. The molecule has 0 amide bonds. The zero-order valence-electron chi connectivity index (χ0n) is 11.8. The van der Waals surface area contributed by atoms with E-state index < -0.39 is 0 Å². The monoisotopic (exact) mass is 310 g/mol. The topological polar surface area (TPSA) is 0 Å². The zero-order valence-corrected chi connectivity index (χ0v) is 13.3. The zero-order chi connectivity index (χ0) is 14.9. The lowest BCUT2D eigenvalue weighted by atomic mass is 9.90. The number of benzene rings is 2. The summed E-state index contributed by atoms with van der Waals surface area (Å²) in [6.07, 6.45) is 0. The molecular formula is C17H17Cl2F. The van der Waals surface area contributed by atoms with Crippen molar-refractivity contribution >= 4 is 23.2 Å². The molecule has 2 rings (SSSR count). The van der Waals surface area contributed by atoms with E-state index >= 15 is 0 Å². The van der Waals surface area contributed by atoms with Crippen LogP contribution in [0.15, 0.2) is 36.4 Å². The lowest BCUT2D eigenvalue weighted by Gasteiger charge is -2.18. The number of rotatable bonds is 3. The van der Waals surface area contributed by atoms with Crippen LogP contribution in [0.5, 0.6) is 0 Å². The van der Waals surface area contributed by atoms with Gasteiger partial charge in [-0.3, -0.25) is 0 Å². The molecule has 0 heterocycles. The highest BCUT2D eigenvalue weighted by atomic mass is 35.5. The molecule has 0 aliphatic heterocycles. The Morgan fingerprint density at radius 3 is 2.15 bits per heavy atom. The highest BCUT2D eigenvalue weighted by molar-refractivity contribution is 6.32. The predicted molar refractivity (Wildman–Crippen MR) is 84.5 cm³/mol. The van der Waals surface area contributed by atoms with Gasteiger partial charge in [0, 0.05) is 16.0 Å². The summed E-state index contributed by atoms with van der Waals surface area (Å²) in [5, 5.41) is 1.14. The first-order valence-electron chi connectivity index (χ1n) is 6.64. The molecule has 2 aromatic rings. The van der Waals surface area contributed by atoms with Gasteiger partial charge in [-0.15, -0.1) is 0 Å². The van der Waals surface area contributed by atoms with Gasteiger partial charge in [0.05, 0.1) is 0 Å². The van der Waals surface area contributed by atoms with Crippen LogP contribution in [0.25, 0.3) is 0 Å². The van der Waals surface area contributed by atoms with Gasteiger partial charge in [0.1, 0.15) is 5.82 Å². The van der Waals surface area contributed by atoms with Crippen LogP contribution in [0.3, 0.4) is 0 Å². The molecule has 0 aliphatic rings. The van der Waals surface area contributed by atoms with Gasteiger partial charge in [-0.2, -0.15) is 0 Å². The summed E-state index contributed by atoms with van der Waals surface area (Å²) in [6.45, 7) is 6.32. The third kappa shape index (κ3) is 3.16. The van der Waals surface area contributed by atoms with E-state index in [1.807, 2.05) is 19.1 Å². The molecular weight excluding hydrogens is 294 g/mol. The van der Waals surface area contributed by atoms with E-state index in [0.29, 0.717) is 16.0 Å². The molecule has 0 radical (unpaired) electrons. The van der Waals surface area contributed by atoms with E-state index in [2.05, 4.69) is 19.9 Å². The van der Waals surface area contributed by atoms with Gasteiger partial charge >= 0.3 is 0 Å². The molecule has 1 atom stereocenters. The average Bonchev–Trinajstić information content (AvgIpc) is 2.38. The maximum Gasteiger partial charge on any atom is 0.124 e. The first-order chi connectivity index (χ1) is 9.40. The Balaban J connectivity index is 2.47. The second-order valence-corrected chi connectivity index (χ2v) is 6.14. The van der Waals surface area contributed by atoms with E-state index in [1.165, 1.54) is 17.7 Å². The van der Waals surface area contributed by atoms with Crippen molar-refractivity contribution < 1.29 is 4.39 Å². The van der Waals surface area contributed by atoms with E-state index in [4.69, 9.17) is 23.2 Å². The van der Waals surface area contributed by atoms with E-state index in [0.717, 1.165) is 11.1 Å². The average molecular weight is 311 g/mol. The fourth-order valence-electron chi connectivity index (χ4n) is 2.27. The Morgan fingerprint density at radius 1 is 0.850 bits per heavy atom. The largest absolute Gasteiger partial charge is 0.207 e. The van der Waals surface area contributed by atoms with Crippen molar-refractivity contribution in [1.82, 2.24) is 0 Å². The summed E-state index contributed by atoms with van der Waals surface area (Å²) in [5.74, 6) is 0.129. The Labute approximate surface area is 129 Å². The summed E-state index contributed by atoms with van der Waals surface area (Å²) < 4.78 is 13.2. The van der Waals surface area contributed by atoms with Crippen LogP contribution in [0.4, 0.5) is 4.39 Å². The number of hydrogen-bond acceptors (Lipinski definition) is 0. The van der Waals surface area contributed by atoms with Gasteiger partial charge in [-0.25, -0.2) is 4.39 Å². The summed E-state index contributed by atoms with van der Waals surface area (Å²) in [5.41, 5.74) is 3.14. The van der Waals surface area contributed by atoms with E-state index in [1.54, 1.807) is 6.07 Å². The van der Waals surface area contributed by atoms with Gasteiger partial charge < -0.3 is 0 Å². The smallest absolute Gasteiger partial charge is 0.124 e. The van der Waals surface area contributed by atoms with Crippen LogP contribution in [-0.4, -0.2) is 0 Å². The molecule has 1 unspecified atom stereocenters. The van der Waals surface area contributed by atoms with E-state index in [-0.39, 0.29) is 11.7 Å². The summed E-state index contributed by atoms with van der Waals surface area (Å²) in [6, 6.07) is 10.6. The minimum absolute atomic E-state index is 0.0225. The van der Waals surface area contributed by atoms with Gasteiger partial charge in [-0.1, -0.05) is 62.2 Å². The highest BCUT2D eigenvalue weighted by Gasteiger charge is 2.16. The van der Waals surface area contributed by atoms with Crippen LogP contribution in [0, 0.1) is 5.82 Å². The third-order valence-electron chi connectivity index (χ3n) is 3.58. The van der Waals surface area contributed by atoms with Crippen molar-refractivity contribution in [2.24, 2.45) is 0 Å². The van der Waals surface area contributed by atoms with Crippen molar-refractivity contribution in [2.75, 3.05) is 0 Å². The predicted octanol–water partition coefficient (Wildman–Crippen LogP) is 6.41. The fraction of sp³-hybridized carbons (Fsp3) is 0.294. The van der Waals surface area contributed by atoms with Crippen molar-refractivity contribution in [1.29, 1.82) is 0 Å². The van der Waals surface area contributed by atoms with Crippen molar-refractivity contribution in [3.63, 3.8) is 0 Å². The van der Waals surface area contributed by atoms with Crippen LogP contribution in [-0.2, 0) is 0 Å². The Bertz CT molecular complexity index is 620. The van der Waals surface area contributed by atoms with Gasteiger partial charge in [0.2, 0.25) is 0 Å². The molecule has 0 nitrogen and oxygen atoms in total. The summed E-state index contributed by atoms with van der Waals surface area (Å²) in [4.78, 5) is 0. The summed E-state index contributed by atoms with van der Waals surface area (Å²) >= 11 is 12.5. The third-order valence-corrected chi connectivity index (χ3v) is 4.25. The molecule has 0 bridgehead atoms. The first-order valence-corrected chi connectivity index (χ1v) is 7.40. The van der Waals surface area contributed by atoms with Crippen molar-refractivity contribution in [3.05, 3.63) is 69.0 Å². The van der Waals surface area contributed by atoms with Gasteiger partial charge in [0.25, 0.3) is 0 Å². The van der Waals surface area contributed by atoms with Crippen LogP contribution in [0.1, 0.15) is 49.3 Å². The molecule has 0 aliphatic carbocycles. The second kappa shape index (κ2) is 6.15. The lowest BCUT2D eigenvalue weighted by Crippen LogP contribution is -2.00. The van der Waals surface area contributed by atoms with Gasteiger partial charge in [0.15, 0.2) is 0 Å². The maximum atomic E-state index is 13.2. The molecule has 106 valence electrons. The van der Waals surface area contributed by atoms with Crippen LogP contribution < -0.4 is 0 Å². The molecule has 0 spiro atoms. The Morgan fingerprint density at radius 2 is 1.55 bits per heavy atom.